The van der Waals surface area contributed by atoms with Gasteiger partial charge in [-0.05, 0) is 269 Å². The van der Waals surface area contributed by atoms with Crippen LogP contribution in [-0.2, 0) is 21.7 Å². The maximum absolute atomic E-state index is 2.68. The molecule has 3 spiro atoms. The minimum absolute atomic E-state index is 0.568. The van der Waals surface area contributed by atoms with Gasteiger partial charge in [0.25, 0.3) is 0 Å². The highest BCUT2D eigenvalue weighted by Gasteiger charge is 2.56. The van der Waals surface area contributed by atoms with E-state index in [-0.39, 0.29) is 0 Å². The van der Waals surface area contributed by atoms with Crippen LogP contribution in [0.4, 0.5) is 34.1 Å². The summed E-state index contributed by atoms with van der Waals surface area (Å²) >= 11 is 0. The molecule has 32 rings (SSSR count). The maximum atomic E-state index is 2.68. The van der Waals surface area contributed by atoms with Gasteiger partial charge in [-0.25, -0.2) is 0 Å². The molecule has 2 aliphatic heterocycles. The molecule has 1 atom stereocenters. The van der Waals surface area contributed by atoms with Crippen LogP contribution < -0.4 is 9.80 Å². The lowest BCUT2D eigenvalue weighted by Crippen LogP contribution is -2.33. The fourth-order valence-electron chi connectivity index (χ4n) is 28.4. The molecular formula is C142H88N4. The van der Waals surface area contributed by atoms with Gasteiger partial charge in [0, 0.05) is 55.5 Å². The predicted molar refractivity (Wildman–Crippen MR) is 602 cm³/mol. The van der Waals surface area contributed by atoms with E-state index in [1.54, 1.807) is 0 Å². The van der Waals surface area contributed by atoms with E-state index in [9.17, 15) is 0 Å². The van der Waals surface area contributed by atoms with Crippen molar-refractivity contribution < 1.29 is 0 Å². The largest absolute Gasteiger partial charge is 0.310 e. The minimum Gasteiger partial charge on any atom is -0.310 e. The summed E-state index contributed by atoms with van der Waals surface area (Å²) in [5, 5.41) is 4.87. The molecule has 676 valence electrons. The first-order valence-corrected chi connectivity index (χ1v) is 51.1. The highest BCUT2D eigenvalue weighted by atomic mass is 15.2. The van der Waals surface area contributed by atoms with Crippen LogP contribution in [0.1, 0.15) is 89.0 Å². The second-order valence-corrected chi connectivity index (χ2v) is 40.5. The highest BCUT2D eigenvalue weighted by Crippen LogP contribution is 2.69. The Balaban J connectivity index is 0.609. The van der Waals surface area contributed by atoms with Crippen molar-refractivity contribution in [3.8, 4) is 112 Å². The van der Waals surface area contributed by atoms with Crippen molar-refractivity contribution in [2.75, 3.05) is 9.80 Å². The zero-order valence-corrected chi connectivity index (χ0v) is 79.6. The molecule has 0 bridgehead atoms. The molecule has 0 N–H and O–H groups in total. The van der Waals surface area contributed by atoms with Crippen LogP contribution in [0, 0.1) is 0 Å². The fourth-order valence-corrected chi connectivity index (χ4v) is 28.4. The number of hydrogen-bond donors (Lipinski definition) is 0. The molecule has 2 aromatic heterocycles. The third-order valence-electron chi connectivity index (χ3n) is 34.0. The van der Waals surface area contributed by atoms with E-state index in [0.717, 1.165) is 78.8 Å². The van der Waals surface area contributed by atoms with Gasteiger partial charge in [-0.1, -0.05) is 449 Å². The third kappa shape index (κ3) is 10.6. The number of fused-ring (bicyclic) bond motifs is 37. The number of aromatic nitrogens is 2. The Morgan fingerprint density at radius 3 is 1.02 bits per heavy atom. The first kappa shape index (κ1) is 81.0. The Kier molecular flexibility index (Phi) is 16.9. The molecule has 146 heavy (non-hydrogen) atoms. The molecule has 4 nitrogen and oxygen atoms in total. The molecule has 5 aliphatic carbocycles. The van der Waals surface area contributed by atoms with Crippen molar-refractivity contribution in [2.24, 2.45) is 0 Å². The number of para-hydroxylation sites is 4. The van der Waals surface area contributed by atoms with Crippen molar-refractivity contribution in [3.63, 3.8) is 0 Å². The van der Waals surface area contributed by atoms with Gasteiger partial charge in [0.15, 0.2) is 0 Å². The van der Waals surface area contributed by atoms with E-state index in [1.165, 1.54) is 199 Å². The van der Waals surface area contributed by atoms with Gasteiger partial charge >= 0.3 is 0 Å². The molecule has 0 saturated carbocycles. The van der Waals surface area contributed by atoms with E-state index >= 15 is 0 Å². The monoisotopic (exact) mass is 1850 g/mol. The Hall–Kier alpha value is -18.7. The number of nitrogens with zero attached hydrogens (tertiary/aromatic N) is 4. The van der Waals surface area contributed by atoms with Crippen molar-refractivity contribution in [1.29, 1.82) is 0 Å². The van der Waals surface area contributed by atoms with Gasteiger partial charge in [-0.3, -0.25) is 0 Å². The van der Waals surface area contributed by atoms with Crippen molar-refractivity contribution in [2.45, 2.75) is 21.7 Å². The summed E-state index contributed by atoms with van der Waals surface area (Å²) < 4.78 is 5.30. The average molecular weight is 1850 g/mol. The maximum Gasteiger partial charge on any atom is 0.0754 e. The van der Waals surface area contributed by atoms with Gasteiger partial charge < -0.3 is 18.9 Å². The molecule has 25 aromatic rings. The van der Waals surface area contributed by atoms with Crippen LogP contribution in [0.3, 0.4) is 0 Å². The van der Waals surface area contributed by atoms with Crippen LogP contribution in [0.2, 0.25) is 0 Å². The lowest BCUT2D eigenvalue weighted by molar-refractivity contribution is 0.748. The van der Waals surface area contributed by atoms with Gasteiger partial charge in [0.2, 0.25) is 0 Å². The van der Waals surface area contributed by atoms with Crippen molar-refractivity contribution in [3.05, 3.63) is 623 Å². The molecule has 1 unspecified atom stereocenters. The Morgan fingerprint density at radius 2 is 0.473 bits per heavy atom. The summed E-state index contributed by atoms with van der Waals surface area (Å²) in [6, 6.07) is 204. The van der Waals surface area contributed by atoms with E-state index in [0.29, 0.717) is 0 Å². The summed E-state index contributed by atoms with van der Waals surface area (Å²) in [5.41, 5.74) is 52.7. The Morgan fingerprint density at radius 1 is 0.151 bits per heavy atom. The molecule has 4 heteroatoms. The number of benzene rings is 23. The van der Waals surface area contributed by atoms with E-state index < -0.39 is 21.7 Å². The van der Waals surface area contributed by atoms with Gasteiger partial charge in [-0.2, -0.15) is 0 Å². The molecule has 0 saturated heterocycles. The van der Waals surface area contributed by atoms with Gasteiger partial charge in [0.05, 0.1) is 60.8 Å². The molecule has 0 radical (unpaired) electrons. The molecule has 4 heterocycles. The summed E-state index contributed by atoms with van der Waals surface area (Å²) in [4.78, 5) is 5.14. The molecule has 0 fully saturated rings. The number of anilines is 6. The summed E-state index contributed by atoms with van der Waals surface area (Å²) in [5.74, 6) is 0. The van der Waals surface area contributed by atoms with E-state index in [2.05, 4.69) is 553 Å². The lowest BCUT2D eigenvalue weighted by atomic mass is 9.65. The first-order valence-electron chi connectivity index (χ1n) is 51.1. The van der Waals surface area contributed by atoms with Crippen LogP contribution >= 0.6 is 0 Å². The van der Waals surface area contributed by atoms with Crippen LogP contribution in [0.25, 0.3) is 155 Å². The fraction of sp³-hybridized carbons (Fsp3) is 0.0282. The summed E-state index contributed by atoms with van der Waals surface area (Å²) in [7, 11) is 0. The second kappa shape index (κ2) is 30.4. The molecule has 23 aromatic carbocycles. The SMILES string of the molecule is c1ccc(-c2ccc(-c3ccccc3N(c3ccc4c(c3)-n3c5ccccc5c5cccc(c53)C43c4ccccc4-c4cc(-c5cccc6c5c5cccc7c5n6-c5cc(N(c6cccc(-c8ccccc8)c6)c6ccc8c(c6)C6(c9ccccc9-c9ccccc96)c6ccccc6-8)ccc5C75c6ccccc6-c6ccccc65)ccc43)c3ccc4c(c3)C(c3ccccc3)(c3ccccc3)c3ccccc3-4)cc2)cc1. The van der Waals surface area contributed by atoms with Crippen LogP contribution in [0.15, 0.2) is 534 Å². The second-order valence-electron chi connectivity index (χ2n) is 40.5. The standard InChI is InChI=1S/C142H88N4/c1-5-35-89(36-6-1)91-69-71-92(72-70-91)102-45-20-29-66-131(102)144(99-75-79-111-108-50-13-22-57-117(108)139(129(111)86-99,95-40-9-3-10-41-95)96-42-11-4-12-43-96)101-77-82-125-134(88-101)145-132-67-30-21-53-113(132)114-55-32-64-127(137(114)145)142(125)123-63-28-19-52-110(123)116-84-94(73-80-124(116)142)103-54-34-68-133-136(103)115-56-33-65-128-138(115)146(133)135-87-100(76-81-126(135)141(128)121-61-26-16-48-106(121)107-49-17-27-62-122(107)141)143(97-44-31-39-93(83-97)90-37-7-2-8-38-90)98-74-78-112-109-51-18-25-60-120(109)140(130(112)85-98)118-58-23-14-46-104(118)105-47-15-24-59-119(105)140/h1-88H. The van der Waals surface area contributed by atoms with E-state index in [1.807, 2.05) is 0 Å². The van der Waals surface area contributed by atoms with Crippen LogP contribution in [-0.4, -0.2) is 9.13 Å². The average Bonchev–Trinajstić information content (AvgIpc) is 1.52. The molecule has 7 aliphatic rings. The quantitative estimate of drug-likeness (QED) is 0.121. The zero-order chi connectivity index (χ0) is 95.4. The number of hydrogen-bond acceptors (Lipinski definition) is 2. The normalized spacial score (nSPS) is 14.8. The predicted octanol–water partition coefficient (Wildman–Crippen LogP) is 35.5. The highest BCUT2D eigenvalue weighted by molar-refractivity contribution is 6.20. The smallest absolute Gasteiger partial charge is 0.0754 e. The van der Waals surface area contributed by atoms with Gasteiger partial charge in [-0.15, -0.1) is 0 Å². The molecule has 0 amide bonds. The van der Waals surface area contributed by atoms with Crippen molar-refractivity contribution in [1.82, 2.24) is 9.13 Å². The third-order valence-corrected chi connectivity index (χ3v) is 34.0. The molecular weight excluding hydrogens is 1760 g/mol. The van der Waals surface area contributed by atoms with Crippen LogP contribution in [0.5, 0.6) is 0 Å². The van der Waals surface area contributed by atoms with Gasteiger partial charge in [0.1, 0.15) is 0 Å². The summed E-state index contributed by atoms with van der Waals surface area (Å²) in [6.45, 7) is 0. The zero-order valence-electron chi connectivity index (χ0n) is 79.6. The first-order chi connectivity index (χ1) is 72.4. The lowest BCUT2D eigenvalue weighted by Gasteiger charge is -2.40. The van der Waals surface area contributed by atoms with Crippen molar-refractivity contribution >= 4 is 77.7 Å². The Bertz CT molecular complexity index is 9760. The minimum atomic E-state index is -0.800. The topological polar surface area (TPSA) is 16.3 Å². The summed E-state index contributed by atoms with van der Waals surface area (Å²) in [6.07, 6.45) is 0. The Labute approximate surface area is 846 Å². The van der Waals surface area contributed by atoms with E-state index in [4.69, 9.17) is 0 Å². The number of rotatable bonds is 12.